The lowest BCUT2D eigenvalue weighted by Gasteiger charge is -2.35. The van der Waals surface area contributed by atoms with Gasteiger partial charge >= 0.3 is 0 Å². The highest BCUT2D eigenvalue weighted by molar-refractivity contribution is 5.95. The van der Waals surface area contributed by atoms with Gasteiger partial charge in [-0.05, 0) is 63.7 Å². The number of amides is 1. The Hall–Kier alpha value is -2.22. The molecule has 3 heterocycles. The smallest absolute Gasteiger partial charge is 0.257 e. The standard InChI is InChI=1S/C19H28N6O2/c1-13-11-16(14(2)27-13)17(26)24-10-9-19(12-24,23(3)4)18-20-21-22-25(18)15-7-5-6-8-15/h11,15H,5-10,12H2,1-4H3. The predicted molar refractivity (Wildman–Crippen MR) is 99.4 cm³/mol. The van der Waals surface area contributed by atoms with Gasteiger partial charge in [0.1, 0.15) is 17.1 Å². The highest BCUT2D eigenvalue weighted by Gasteiger charge is 2.48. The van der Waals surface area contributed by atoms with Crippen molar-refractivity contribution in [1.82, 2.24) is 30.0 Å². The molecule has 4 rings (SSSR count). The summed E-state index contributed by atoms with van der Waals surface area (Å²) in [5, 5.41) is 12.8. The van der Waals surface area contributed by atoms with E-state index >= 15 is 0 Å². The maximum Gasteiger partial charge on any atom is 0.257 e. The number of likely N-dealkylation sites (N-methyl/N-ethyl adjacent to an activating group) is 1. The van der Waals surface area contributed by atoms with Crippen LogP contribution in [0.25, 0.3) is 0 Å². The molecule has 146 valence electrons. The van der Waals surface area contributed by atoms with E-state index in [2.05, 4.69) is 34.5 Å². The van der Waals surface area contributed by atoms with Crippen LogP contribution in [0.15, 0.2) is 10.5 Å². The summed E-state index contributed by atoms with van der Waals surface area (Å²) < 4.78 is 7.58. The predicted octanol–water partition coefficient (Wildman–Crippen LogP) is 2.30. The fourth-order valence-electron chi connectivity index (χ4n) is 4.62. The van der Waals surface area contributed by atoms with Crippen LogP contribution in [0, 0.1) is 13.8 Å². The number of carbonyl (C=O) groups is 1. The van der Waals surface area contributed by atoms with Crippen LogP contribution in [0.4, 0.5) is 0 Å². The normalized spacial score (nSPS) is 23.7. The summed E-state index contributed by atoms with van der Waals surface area (Å²) in [6, 6.07) is 2.20. The first kappa shape index (κ1) is 18.2. The summed E-state index contributed by atoms with van der Waals surface area (Å²) in [5.41, 5.74) is 0.284. The van der Waals surface area contributed by atoms with Gasteiger partial charge in [-0.3, -0.25) is 9.69 Å². The minimum Gasteiger partial charge on any atom is -0.466 e. The summed E-state index contributed by atoms with van der Waals surface area (Å²) in [7, 11) is 4.10. The van der Waals surface area contributed by atoms with Crippen molar-refractivity contribution in [1.29, 1.82) is 0 Å². The van der Waals surface area contributed by atoms with Crippen LogP contribution in [-0.2, 0) is 5.54 Å². The van der Waals surface area contributed by atoms with Gasteiger partial charge in [-0.25, -0.2) is 4.68 Å². The second kappa shape index (κ2) is 6.74. The lowest BCUT2D eigenvalue weighted by molar-refractivity contribution is 0.0735. The molecular weight excluding hydrogens is 344 g/mol. The quantitative estimate of drug-likeness (QED) is 0.819. The maximum absolute atomic E-state index is 13.1. The molecule has 1 unspecified atom stereocenters. The largest absolute Gasteiger partial charge is 0.466 e. The Kier molecular flexibility index (Phi) is 4.53. The molecule has 0 radical (unpaired) electrons. The topological polar surface area (TPSA) is 80.3 Å². The van der Waals surface area contributed by atoms with E-state index in [0.717, 1.165) is 30.8 Å². The Morgan fingerprint density at radius 1 is 1.30 bits per heavy atom. The van der Waals surface area contributed by atoms with Gasteiger partial charge in [0.15, 0.2) is 5.82 Å². The molecule has 2 aliphatic rings. The van der Waals surface area contributed by atoms with E-state index in [0.29, 0.717) is 30.5 Å². The molecule has 1 atom stereocenters. The number of hydrogen-bond acceptors (Lipinski definition) is 6. The molecule has 1 aliphatic heterocycles. The Bertz CT molecular complexity index is 835. The van der Waals surface area contributed by atoms with Crippen molar-refractivity contribution < 1.29 is 9.21 Å². The molecular formula is C19H28N6O2. The number of likely N-dealkylation sites (tertiary alicyclic amines) is 1. The highest BCUT2D eigenvalue weighted by atomic mass is 16.3. The molecule has 0 bridgehead atoms. The second-order valence-electron chi connectivity index (χ2n) is 8.11. The molecule has 1 aliphatic carbocycles. The zero-order valence-electron chi connectivity index (χ0n) is 16.6. The number of carbonyl (C=O) groups excluding carboxylic acids is 1. The van der Waals surface area contributed by atoms with Gasteiger partial charge in [0.05, 0.1) is 11.6 Å². The number of furan rings is 1. The SMILES string of the molecule is Cc1cc(C(=O)N2CCC(c3nnnn3C3CCCC3)(N(C)C)C2)c(C)o1. The van der Waals surface area contributed by atoms with Crippen molar-refractivity contribution in [2.24, 2.45) is 0 Å². The third kappa shape index (κ3) is 2.96. The minimum absolute atomic E-state index is 0.0213. The number of aromatic nitrogens is 4. The molecule has 8 heteroatoms. The van der Waals surface area contributed by atoms with Gasteiger partial charge in [-0.15, -0.1) is 5.10 Å². The fourth-order valence-corrected chi connectivity index (χ4v) is 4.62. The first-order valence-electron chi connectivity index (χ1n) is 9.74. The first-order chi connectivity index (χ1) is 12.9. The van der Waals surface area contributed by atoms with E-state index in [1.165, 1.54) is 12.8 Å². The van der Waals surface area contributed by atoms with Gasteiger partial charge < -0.3 is 9.32 Å². The molecule has 8 nitrogen and oxygen atoms in total. The van der Waals surface area contributed by atoms with Crippen LogP contribution in [0.1, 0.15) is 65.8 Å². The van der Waals surface area contributed by atoms with E-state index in [-0.39, 0.29) is 11.4 Å². The van der Waals surface area contributed by atoms with Crippen LogP contribution >= 0.6 is 0 Å². The zero-order chi connectivity index (χ0) is 19.2. The van der Waals surface area contributed by atoms with E-state index in [9.17, 15) is 4.79 Å². The van der Waals surface area contributed by atoms with Crippen molar-refractivity contribution in [2.45, 2.75) is 57.5 Å². The van der Waals surface area contributed by atoms with Crippen molar-refractivity contribution in [3.05, 3.63) is 29.0 Å². The number of aryl methyl sites for hydroxylation is 2. The molecule has 1 saturated carbocycles. The van der Waals surface area contributed by atoms with Crippen molar-refractivity contribution in [3.63, 3.8) is 0 Å². The molecule has 2 aromatic rings. The number of tetrazole rings is 1. The molecule has 0 aromatic carbocycles. The van der Waals surface area contributed by atoms with E-state index in [1.54, 1.807) is 0 Å². The van der Waals surface area contributed by atoms with E-state index in [4.69, 9.17) is 4.42 Å². The highest BCUT2D eigenvalue weighted by Crippen LogP contribution is 2.39. The van der Waals surface area contributed by atoms with Crippen molar-refractivity contribution in [2.75, 3.05) is 27.2 Å². The van der Waals surface area contributed by atoms with Gasteiger partial charge in [0, 0.05) is 13.1 Å². The molecule has 1 amide bonds. The summed E-state index contributed by atoms with van der Waals surface area (Å²) in [6.07, 6.45) is 5.51. The number of hydrogen-bond donors (Lipinski definition) is 0. The van der Waals surface area contributed by atoms with Crippen LogP contribution in [0.3, 0.4) is 0 Å². The molecule has 2 aromatic heterocycles. The van der Waals surface area contributed by atoms with E-state index in [1.807, 2.05) is 29.5 Å². The lowest BCUT2D eigenvalue weighted by atomic mass is 9.95. The Morgan fingerprint density at radius 3 is 2.67 bits per heavy atom. The molecule has 0 N–H and O–H groups in total. The van der Waals surface area contributed by atoms with Crippen LogP contribution in [0.5, 0.6) is 0 Å². The second-order valence-corrected chi connectivity index (χ2v) is 8.11. The van der Waals surface area contributed by atoms with Gasteiger partial charge in [-0.1, -0.05) is 12.8 Å². The van der Waals surface area contributed by atoms with Crippen molar-refractivity contribution >= 4 is 5.91 Å². The summed E-state index contributed by atoms with van der Waals surface area (Å²) in [6.45, 7) is 4.97. The Labute approximate surface area is 159 Å². The van der Waals surface area contributed by atoms with E-state index < -0.39 is 0 Å². The van der Waals surface area contributed by atoms with Gasteiger partial charge in [-0.2, -0.15) is 0 Å². The number of nitrogens with zero attached hydrogens (tertiary/aromatic N) is 6. The number of rotatable bonds is 4. The fraction of sp³-hybridized carbons (Fsp3) is 0.684. The maximum atomic E-state index is 13.1. The third-order valence-corrected chi connectivity index (χ3v) is 6.24. The lowest BCUT2D eigenvalue weighted by Crippen LogP contribution is -2.47. The average molecular weight is 372 g/mol. The average Bonchev–Trinajstić information content (AvgIpc) is 3.40. The van der Waals surface area contributed by atoms with Crippen LogP contribution < -0.4 is 0 Å². The van der Waals surface area contributed by atoms with Crippen LogP contribution in [-0.4, -0.2) is 63.1 Å². The monoisotopic (exact) mass is 372 g/mol. The third-order valence-electron chi connectivity index (χ3n) is 6.24. The van der Waals surface area contributed by atoms with Crippen LogP contribution in [0.2, 0.25) is 0 Å². The zero-order valence-corrected chi connectivity index (χ0v) is 16.6. The Balaban J connectivity index is 1.64. The Morgan fingerprint density at radius 2 is 2.04 bits per heavy atom. The molecule has 2 fully saturated rings. The summed E-state index contributed by atoms with van der Waals surface area (Å²) >= 11 is 0. The molecule has 1 saturated heterocycles. The summed E-state index contributed by atoms with van der Waals surface area (Å²) in [4.78, 5) is 17.2. The minimum atomic E-state index is -0.367. The first-order valence-corrected chi connectivity index (χ1v) is 9.74. The summed E-state index contributed by atoms with van der Waals surface area (Å²) in [5.74, 6) is 2.34. The van der Waals surface area contributed by atoms with Gasteiger partial charge in [0.2, 0.25) is 0 Å². The molecule has 0 spiro atoms. The van der Waals surface area contributed by atoms with Gasteiger partial charge in [0.25, 0.3) is 5.91 Å². The molecule has 27 heavy (non-hydrogen) atoms. The van der Waals surface area contributed by atoms with Crippen molar-refractivity contribution in [3.8, 4) is 0 Å².